The zero-order valence-electron chi connectivity index (χ0n) is 11.3. The summed E-state index contributed by atoms with van der Waals surface area (Å²) < 4.78 is 33.5. The fourth-order valence-corrected chi connectivity index (χ4v) is 3.72. The van der Waals surface area contributed by atoms with Gasteiger partial charge in [0.1, 0.15) is 18.7 Å². The Morgan fingerprint density at radius 1 is 1.40 bits per heavy atom. The van der Waals surface area contributed by atoms with Crippen LogP contribution in [0.25, 0.3) is 0 Å². The van der Waals surface area contributed by atoms with Crippen LogP contribution in [0.15, 0.2) is 12.1 Å². The number of aldehydes is 1. The average Bonchev–Trinajstić information content (AvgIpc) is 2.41. The third-order valence-electron chi connectivity index (χ3n) is 4.81. The van der Waals surface area contributed by atoms with Crippen molar-refractivity contribution in [1.29, 1.82) is 0 Å². The number of ether oxygens (including phenoxy) is 1. The quantitative estimate of drug-likeness (QED) is 0.804. The van der Waals surface area contributed by atoms with E-state index in [4.69, 9.17) is 10.5 Å². The maximum Gasteiger partial charge on any atom is 0.165 e. The second-order valence-corrected chi connectivity index (χ2v) is 6.12. The van der Waals surface area contributed by atoms with Gasteiger partial charge in [-0.05, 0) is 37.3 Å². The number of carbonyl (C=O) groups excluding carboxylic acids is 1. The van der Waals surface area contributed by atoms with E-state index < -0.39 is 22.6 Å². The van der Waals surface area contributed by atoms with E-state index in [0.717, 1.165) is 18.6 Å². The normalized spacial score (nSPS) is 35.7. The number of halogens is 2. The lowest BCUT2D eigenvalue weighted by Gasteiger charge is -2.53. The van der Waals surface area contributed by atoms with E-state index in [-0.39, 0.29) is 17.9 Å². The Morgan fingerprint density at radius 2 is 2.10 bits per heavy atom. The highest BCUT2D eigenvalue weighted by Crippen LogP contribution is 2.52. The van der Waals surface area contributed by atoms with Crippen LogP contribution in [0.4, 0.5) is 8.78 Å². The van der Waals surface area contributed by atoms with Crippen LogP contribution in [0.5, 0.6) is 5.75 Å². The Labute approximate surface area is 116 Å². The predicted molar refractivity (Wildman–Crippen MR) is 69.5 cm³/mol. The van der Waals surface area contributed by atoms with E-state index >= 15 is 0 Å². The molecule has 1 heterocycles. The Kier molecular flexibility index (Phi) is 2.87. The van der Waals surface area contributed by atoms with E-state index in [1.54, 1.807) is 0 Å². The summed E-state index contributed by atoms with van der Waals surface area (Å²) in [5.74, 6) is -1.11. The van der Waals surface area contributed by atoms with Crippen molar-refractivity contribution >= 4 is 6.29 Å². The van der Waals surface area contributed by atoms with Gasteiger partial charge >= 0.3 is 0 Å². The van der Waals surface area contributed by atoms with Crippen LogP contribution in [0.2, 0.25) is 0 Å². The molecule has 1 fully saturated rings. The summed E-state index contributed by atoms with van der Waals surface area (Å²) in [4.78, 5) is 11.8. The monoisotopic (exact) mass is 281 g/mol. The van der Waals surface area contributed by atoms with Crippen molar-refractivity contribution < 1.29 is 18.3 Å². The summed E-state index contributed by atoms with van der Waals surface area (Å²) in [6.07, 6.45) is 2.43. The van der Waals surface area contributed by atoms with Crippen molar-refractivity contribution in [2.75, 3.05) is 6.61 Å². The summed E-state index contributed by atoms with van der Waals surface area (Å²) in [6.45, 7) is 2.07. The molecule has 1 aromatic carbocycles. The van der Waals surface area contributed by atoms with Gasteiger partial charge in [0, 0.05) is 5.56 Å². The second-order valence-electron chi connectivity index (χ2n) is 6.12. The highest BCUT2D eigenvalue weighted by atomic mass is 19.1. The van der Waals surface area contributed by atoms with Crippen molar-refractivity contribution in [3.8, 4) is 5.75 Å². The molecule has 3 atom stereocenters. The van der Waals surface area contributed by atoms with Crippen LogP contribution in [0, 0.1) is 17.6 Å². The van der Waals surface area contributed by atoms with Crippen LogP contribution in [-0.4, -0.2) is 18.4 Å². The zero-order chi connectivity index (χ0) is 14.5. The maximum absolute atomic E-state index is 14.3. The number of benzene rings is 1. The number of hydrogen-bond donors (Lipinski definition) is 1. The standard InChI is InChI=1S/C15H17F2NO2/c1-9-4-5-14(7-19)12-10(16)2-3-11(17)13(12)20-8-15(14,18)6-9/h2-3,7,9H,4-6,8,18H2,1H3/t9-,14?,15+/m1/s1. The molecule has 0 radical (unpaired) electrons. The molecular weight excluding hydrogens is 264 g/mol. The van der Waals surface area contributed by atoms with Crippen molar-refractivity contribution in [1.82, 2.24) is 0 Å². The molecule has 3 nitrogen and oxygen atoms in total. The van der Waals surface area contributed by atoms with Crippen LogP contribution in [0.1, 0.15) is 31.7 Å². The van der Waals surface area contributed by atoms with Gasteiger partial charge in [0.2, 0.25) is 0 Å². The molecule has 1 aromatic rings. The van der Waals surface area contributed by atoms with Crippen molar-refractivity contribution in [3.05, 3.63) is 29.3 Å². The summed E-state index contributed by atoms with van der Waals surface area (Å²) in [5, 5.41) is 0. The lowest BCUT2D eigenvalue weighted by molar-refractivity contribution is -0.119. The van der Waals surface area contributed by atoms with Gasteiger partial charge in [0.15, 0.2) is 11.6 Å². The van der Waals surface area contributed by atoms with E-state index in [1.807, 2.05) is 6.92 Å². The first-order valence-corrected chi connectivity index (χ1v) is 6.80. The fraction of sp³-hybridized carbons (Fsp3) is 0.533. The van der Waals surface area contributed by atoms with Gasteiger partial charge in [-0.15, -0.1) is 0 Å². The van der Waals surface area contributed by atoms with E-state index in [2.05, 4.69) is 0 Å². The highest BCUT2D eigenvalue weighted by Gasteiger charge is 2.58. The second kappa shape index (κ2) is 4.25. The van der Waals surface area contributed by atoms with Crippen LogP contribution < -0.4 is 10.5 Å². The number of hydrogen-bond acceptors (Lipinski definition) is 3. The Balaban J connectivity index is 2.26. The minimum atomic E-state index is -1.20. The number of fused-ring (bicyclic) bond motifs is 3. The van der Waals surface area contributed by atoms with Gasteiger partial charge in [0.05, 0.1) is 11.0 Å². The molecule has 1 unspecified atom stereocenters. The molecule has 20 heavy (non-hydrogen) atoms. The third kappa shape index (κ3) is 1.56. The minimum Gasteiger partial charge on any atom is -0.488 e. The van der Waals surface area contributed by atoms with Crippen LogP contribution in [-0.2, 0) is 10.2 Å². The molecule has 0 spiro atoms. The molecule has 0 bridgehead atoms. The first kappa shape index (κ1) is 13.5. The van der Waals surface area contributed by atoms with Gasteiger partial charge in [-0.2, -0.15) is 0 Å². The Morgan fingerprint density at radius 3 is 2.80 bits per heavy atom. The van der Waals surface area contributed by atoms with E-state index in [0.29, 0.717) is 25.0 Å². The molecule has 1 aliphatic heterocycles. The van der Waals surface area contributed by atoms with Gasteiger partial charge < -0.3 is 15.3 Å². The summed E-state index contributed by atoms with van der Waals surface area (Å²) in [6, 6.07) is 2.05. The molecule has 5 heteroatoms. The van der Waals surface area contributed by atoms with Crippen LogP contribution >= 0.6 is 0 Å². The molecule has 0 amide bonds. The molecular formula is C15H17F2NO2. The molecule has 1 saturated carbocycles. The predicted octanol–water partition coefficient (Wildman–Crippen LogP) is 2.31. The highest BCUT2D eigenvalue weighted by molar-refractivity contribution is 5.75. The number of nitrogens with two attached hydrogens (primary N) is 1. The summed E-state index contributed by atoms with van der Waals surface area (Å²) in [5.41, 5.74) is 4.21. The Hall–Kier alpha value is -1.49. The largest absolute Gasteiger partial charge is 0.488 e. The first-order chi connectivity index (χ1) is 9.43. The molecule has 3 rings (SSSR count). The number of rotatable bonds is 1. The molecule has 108 valence electrons. The first-order valence-electron chi connectivity index (χ1n) is 6.80. The maximum atomic E-state index is 14.3. The minimum absolute atomic E-state index is 0.00634. The lowest BCUT2D eigenvalue weighted by atomic mass is 9.56. The fourth-order valence-electron chi connectivity index (χ4n) is 3.72. The Bertz CT molecular complexity index is 577. The zero-order valence-corrected chi connectivity index (χ0v) is 11.3. The third-order valence-corrected chi connectivity index (χ3v) is 4.81. The molecule has 2 N–H and O–H groups in total. The molecule has 0 saturated heterocycles. The van der Waals surface area contributed by atoms with Crippen molar-refractivity contribution in [3.63, 3.8) is 0 Å². The summed E-state index contributed by atoms with van der Waals surface area (Å²) in [7, 11) is 0. The van der Waals surface area contributed by atoms with Crippen molar-refractivity contribution in [2.24, 2.45) is 11.7 Å². The molecule has 1 aliphatic carbocycles. The van der Waals surface area contributed by atoms with Gasteiger partial charge in [-0.1, -0.05) is 6.92 Å². The van der Waals surface area contributed by atoms with Crippen molar-refractivity contribution in [2.45, 2.75) is 37.1 Å². The molecule has 0 aromatic heterocycles. The summed E-state index contributed by atoms with van der Waals surface area (Å²) >= 11 is 0. The smallest absolute Gasteiger partial charge is 0.165 e. The van der Waals surface area contributed by atoms with Gasteiger partial charge in [-0.25, -0.2) is 8.78 Å². The lowest BCUT2D eigenvalue weighted by Crippen LogP contribution is -2.67. The SMILES string of the molecule is C[C@@H]1CCC2(C=O)c3c(F)ccc(F)c3OC[C@@]2(N)C1. The molecule has 2 aliphatic rings. The number of carbonyl (C=O) groups is 1. The van der Waals surface area contributed by atoms with Gasteiger partial charge in [0.25, 0.3) is 0 Å². The van der Waals surface area contributed by atoms with E-state index in [1.165, 1.54) is 0 Å². The van der Waals surface area contributed by atoms with Gasteiger partial charge in [-0.3, -0.25) is 0 Å². The average molecular weight is 281 g/mol. The van der Waals surface area contributed by atoms with Crippen LogP contribution in [0.3, 0.4) is 0 Å². The van der Waals surface area contributed by atoms with E-state index in [9.17, 15) is 13.6 Å². The topological polar surface area (TPSA) is 52.3 Å².